The smallest absolute Gasteiger partial charge is 0.328 e. The van der Waals surface area contributed by atoms with E-state index in [1.54, 1.807) is 37.3 Å². The quantitative estimate of drug-likeness (QED) is 0.527. The molecule has 3 amide bonds. The molecule has 1 aliphatic rings. The zero-order chi connectivity index (χ0) is 20.3. The number of imide groups is 1. The van der Waals surface area contributed by atoms with Crippen LogP contribution in [0, 0.1) is 11.3 Å². The van der Waals surface area contributed by atoms with Crippen molar-refractivity contribution in [3.63, 3.8) is 0 Å². The van der Waals surface area contributed by atoms with Gasteiger partial charge in [0.1, 0.15) is 12.3 Å². The predicted molar refractivity (Wildman–Crippen MR) is 109 cm³/mol. The number of urea groups is 1. The highest BCUT2D eigenvalue weighted by atomic mass is 79.9. The van der Waals surface area contributed by atoms with Gasteiger partial charge in [-0.05, 0) is 52.7 Å². The molecule has 0 aliphatic carbocycles. The Bertz CT molecular complexity index is 1010. The van der Waals surface area contributed by atoms with Gasteiger partial charge in [0.05, 0.1) is 21.1 Å². The third kappa shape index (κ3) is 4.03. The largest absolute Gasteiger partial charge is 0.486 e. The molecule has 3 rings (SSSR count). The lowest BCUT2D eigenvalue weighted by molar-refractivity contribution is -0.122. The summed E-state index contributed by atoms with van der Waals surface area (Å²) in [4.78, 5) is 25.1. The normalized spacial score (nSPS) is 14.9. The van der Waals surface area contributed by atoms with E-state index >= 15 is 0 Å². The van der Waals surface area contributed by atoms with Gasteiger partial charge in [0.25, 0.3) is 5.91 Å². The van der Waals surface area contributed by atoms with E-state index in [0.29, 0.717) is 32.9 Å². The third-order valence-electron chi connectivity index (χ3n) is 4.12. The van der Waals surface area contributed by atoms with E-state index in [2.05, 4.69) is 27.3 Å². The number of nitrogens with zero attached hydrogens (tertiary/aromatic N) is 2. The van der Waals surface area contributed by atoms with Crippen LogP contribution in [0.5, 0.6) is 5.75 Å². The molecule has 2 aromatic carbocycles. The van der Waals surface area contributed by atoms with Crippen LogP contribution in [0.3, 0.4) is 0 Å². The molecule has 28 heavy (non-hydrogen) atoms. The number of benzene rings is 2. The molecule has 1 N–H and O–H groups in total. The summed E-state index contributed by atoms with van der Waals surface area (Å²) in [6, 6.07) is 12.2. The maximum atomic E-state index is 12.2. The van der Waals surface area contributed by atoms with Gasteiger partial charge in [-0.25, -0.2) is 4.79 Å². The molecule has 6 nitrogen and oxygen atoms in total. The third-order valence-corrected chi connectivity index (χ3v) is 4.99. The number of carbonyl (C=O) groups is 2. The molecular weight excluding hydrogens is 446 g/mol. The van der Waals surface area contributed by atoms with Crippen LogP contribution in [0.15, 0.2) is 46.6 Å². The van der Waals surface area contributed by atoms with Gasteiger partial charge in [-0.3, -0.25) is 9.69 Å². The van der Waals surface area contributed by atoms with Crippen LogP contribution in [0.25, 0.3) is 6.08 Å². The Kier molecular flexibility index (Phi) is 6.02. The van der Waals surface area contributed by atoms with Crippen molar-refractivity contribution in [2.75, 3.05) is 6.54 Å². The van der Waals surface area contributed by atoms with E-state index in [0.717, 1.165) is 10.5 Å². The fourth-order valence-electron chi connectivity index (χ4n) is 2.73. The van der Waals surface area contributed by atoms with E-state index in [9.17, 15) is 9.59 Å². The van der Waals surface area contributed by atoms with Crippen molar-refractivity contribution < 1.29 is 14.3 Å². The number of nitriles is 1. The highest BCUT2D eigenvalue weighted by Crippen LogP contribution is 2.36. The first-order valence-corrected chi connectivity index (χ1v) is 9.56. The lowest BCUT2D eigenvalue weighted by Gasteiger charge is -2.12. The van der Waals surface area contributed by atoms with Gasteiger partial charge >= 0.3 is 6.03 Å². The van der Waals surface area contributed by atoms with Crippen molar-refractivity contribution in [1.29, 1.82) is 5.26 Å². The second-order valence-electron chi connectivity index (χ2n) is 5.91. The first-order valence-electron chi connectivity index (χ1n) is 8.39. The summed E-state index contributed by atoms with van der Waals surface area (Å²) >= 11 is 9.77. The Balaban J connectivity index is 1.82. The number of hydrogen-bond acceptors (Lipinski definition) is 4. The van der Waals surface area contributed by atoms with E-state index in [-0.39, 0.29) is 18.2 Å². The minimum atomic E-state index is -0.444. The molecule has 0 spiro atoms. The first-order chi connectivity index (χ1) is 13.4. The number of carbonyl (C=O) groups excluding carboxylic acids is 2. The number of rotatable bonds is 5. The van der Waals surface area contributed by atoms with Gasteiger partial charge in [-0.15, -0.1) is 0 Å². The van der Waals surface area contributed by atoms with Crippen molar-refractivity contribution in [3.8, 4) is 11.8 Å². The lowest BCUT2D eigenvalue weighted by atomic mass is 10.1. The molecule has 0 unspecified atom stereocenters. The van der Waals surface area contributed by atoms with Crippen LogP contribution in [-0.2, 0) is 11.4 Å². The number of likely N-dealkylation sites (N-methyl/N-ethyl adjacent to an activating group) is 1. The molecule has 142 valence electrons. The Morgan fingerprint density at radius 2 is 2.07 bits per heavy atom. The van der Waals surface area contributed by atoms with E-state index in [4.69, 9.17) is 21.6 Å². The molecule has 8 heteroatoms. The van der Waals surface area contributed by atoms with Gasteiger partial charge in [0.2, 0.25) is 0 Å². The van der Waals surface area contributed by atoms with Crippen LogP contribution >= 0.6 is 27.5 Å². The van der Waals surface area contributed by atoms with E-state index < -0.39 is 6.03 Å². The highest BCUT2D eigenvalue weighted by molar-refractivity contribution is 9.10. The van der Waals surface area contributed by atoms with Gasteiger partial charge in [-0.1, -0.05) is 29.8 Å². The molecular formula is C20H15BrClN3O3. The zero-order valence-corrected chi connectivity index (χ0v) is 17.2. The maximum Gasteiger partial charge on any atom is 0.328 e. The Morgan fingerprint density at radius 1 is 1.32 bits per heavy atom. The topological polar surface area (TPSA) is 82.4 Å². The van der Waals surface area contributed by atoms with Gasteiger partial charge in [0.15, 0.2) is 5.75 Å². The Hall–Kier alpha value is -2.82. The fraction of sp³-hybridized carbons (Fsp3) is 0.150. The van der Waals surface area contributed by atoms with Crippen molar-refractivity contribution in [2.45, 2.75) is 13.5 Å². The molecule has 0 atom stereocenters. The van der Waals surface area contributed by atoms with E-state index in [1.807, 2.05) is 12.1 Å². The molecule has 2 aromatic rings. The fourth-order valence-corrected chi connectivity index (χ4v) is 3.72. The van der Waals surface area contributed by atoms with E-state index in [1.165, 1.54) is 0 Å². The lowest BCUT2D eigenvalue weighted by Crippen LogP contribution is -2.30. The summed E-state index contributed by atoms with van der Waals surface area (Å²) in [6.45, 7) is 2.20. The molecule has 1 aliphatic heterocycles. The van der Waals surface area contributed by atoms with Crippen molar-refractivity contribution in [3.05, 3.63) is 68.3 Å². The minimum absolute atomic E-state index is 0.183. The molecule has 0 saturated carbocycles. The van der Waals surface area contributed by atoms with Crippen molar-refractivity contribution in [2.24, 2.45) is 0 Å². The van der Waals surface area contributed by atoms with Gasteiger partial charge in [-0.2, -0.15) is 5.26 Å². The summed E-state index contributed by atoms with van der Waals surface area (Å²) in [7, 11) is 0. The molecule has 0 radical (unpaired) electrons. The second kappa shape index (κ2) is 8.46. The second-order valence-corrected chi connectivity index (χ2v) is 7.17. The number of halogens is 2. The Labute approximate surface area is 175 Å². The minimum Gasteiger partial charge on any atom is -0.486 e. The zero-order valence-electron chi connectivity index (χ0n) is 14.8. The van der Waals surface area contributed by atoms with Crippen LogP contribution < -0.4 is 10.1 Å². The monoisotopic (exact) mass is 459 g/mol. The number of hydrogen-bond donors (Lipinski definition) is 1. The van der Waals surface area contributed by atoms with Crippen molar-refractivity contribution >= 4 is 45.5 Å². The van der Waals surface area contributed by atoms with Gasteiger partial charge in [0, 0.05) is 12.1 Å². The number of ether oxygens (including phenoxy) is 1. The summed E-state index contributed by atoms with van der Waals surface area (Å²) in [6.07, 6.45) is 1.56. The first kappa shape index (κ1) is 19.9. The summed E-state index contributed by atoms with van der Waals surface area (Å²) in [5.41, 5.74) is 2.10. The summed E-state index contributed by atoms with van der Waals surface area (Å²) in [5, 5.41) is 12.0. The average Bonchev–Trinajstić information content (AvgIpc) is 2.94. The Morgan fingerprint density at radius 3 is 2.71 bits per heavy atom. The SMILES string of the molecule is CCN1C(=O)N/C(=C/c2cc(Cl)c(OCc3ccccc3C#N)c(Br)c2)C1=O. The number of nitrogens with one attached hydrogen (secondary N) is 1. The summed E-state index contributed by atoms with van der Waals surface area (Å²) in [5.74, 6) is 0.0433. The highest BCUT2D eigenvalue weighted by Gasteiger charge is 2.32. The van der Waals surface area contributed by atoms with Crippen LogP contribution in [0.4, 0.5) is 4.79 Å². The molecule has 1 heterocycles. The standard InChI is InChI=1S/C20H15BrClN3O3/c1-2-25-19(26)17(24-20(25)27)9-12-7-15(21)18(16(22)8-12)28-11-14-6-4-3-5-13(14)10-23/h3-9H,2,11H2,1H3,(H,24,27)/b17-9+. The predicted octanol–water partition coefficient (Wildman–Crippen LogP) is 4.47. The molecule has 1 saturated heterocycles. The maximum absolute atomic E-state index is 12.2. The van der Waals surface area contributed by atoms with Crippen LogP contribution in [0.2, 0.25) is 5.02 Å². The summed E-state index contributed by atoms with van der Waals surface area (Å²) < 4.78 is 6.39. The van der Waals surface area contributed by atoms with Gasteiger partial charge < -0.3 is 10.1 Å². The van der Waals surface area contributed by atoms with Crippen LogP contribution in [-0.4, -0.2) is 23.4 Å². The number of amides is 3. The molecule has 1 fully saturated rings. The molecule has 0 aromatic heterocycles. The average molecular weight is 461 g/mol. The molecule has 0 bridgehead atoms. The van der Waals surface area contributed by atoms with Crippen molar-refractivity contribution in [1.82, 2.24) is 10.2 Å². The van der Waals surface area contributed by atoms with Crippen LogP contribution in [0.1, 0.15) is 23.6 Å².